The van der Waals surface area contributed by atoms with Gasteiger partial charge in [0.1, 0.15) is 11.3 Å². The molecular formula is C20H18NO6-. The molecule has 0 spiro atoms. The third-order valence-electron chi connectivity index (χ3n) is 4.20. The number of hydrogen-bond donors (Lipinski definition) is 1. The van der Waals surface area contributed by atoms with Gasteiger partial charge in [-0.05, 0) is 29.5 Å². The summed E-state index contributed by atoms with van der Waals surface area (Å²) >= 11 is 0. The number of carbonyl (C=O) groups is 2. The SMILES string of the molecule is CC(C)[C@H](NC(=O)COc1ccc2c(c1)oc(=O)c1ccccc12)C(=O)[O-]. The van der Waals surface area contributed by atoms with E-state index in [-0.39, 0.29) is 12.5 Å². The number of hydrogen-bond acceptors (Lipinski definition) is 6. The van der Waals surface area contributed by atoms with Crippen LogP contribution in [0.25, 0.3) is 21.7 Å². The van der Waals surface area contributed by atoms with E-state index in [1.165, 1.54) is 6.07 Å². The molecule has 0 bridgehead atoms. The Bertz CT molecular complexity index is 1070. The Morgan fingerprint density at radius 2 is 1.81 bits per heavy atom. The van der Waals surface area contributed by atoms with Crippen LogP contribution in [0.3, 0.4) is 0 Å². The van der Waals surface area contributed by atoms with Gasteiger partial charge < -0.3 is 24.4 Å². The number of benzene rings is 2. The van der Waals surface area contributed by atoms with Crippen molar-refractivity contribution >= 4 is 33.6 Å². The molecule has 0 aliphatic heterocycles. The minimum atomic E-state index is -1.35. The summed E-state index contributed by atoms with van der Waals surface area (Å²) in [5.41, 5.74) is -0.117. The number of carboxylic acid groups (broad SMARTS) is 1. The third kappa shape index (κ3) is 3.92. The second-order valence-electron chi connectivity index (χ2n) is 6.49. The van der Waals surface area contributed by atoms with Crippen LogP contribution in [0.4, 0.5) is 0 Å². The first-order chi connectivity index (χ1) is 12.9. The minimum absolute atomic E-state index is 0.317. The zero-order chi connectivity index (χ0) is 19.6. The van der Waals surface area contributed by atoms with Crippen LogP contribution in [0.2, 0.25) is 0 Å². The van der Waals surface area contributed by atoms with Crippen molar-refractivity contribution in [2.75, 3.05) is 6.61 Å². The molecule has 0 aliphatic rings. The fourth-order valence-electron chi connectivity index (χ4n) is 2.81. The summed E-state index contributed by atoms with van der Waals surface area (Å²) in [7, 11) is 0. The second-order valence-corrected chi connectivity index (χ2v) is 6.49. The monoisotopic (exact) mass is 368 g/mol. The Hall–Kier alpha value is -3.35. The molecular weight excluding hydrogens is 350 g/mol. The van der Waals surface area contributed by atoms with Crippen LogP contribution >= 0.6 is 0 Å². The van der Waals surface area contributed by atoms with Crippen LogP contribution in [0.1, 0.15) is 13.8 Å². The third-order valence-corrected chi connectivity index (χ3v) is 4.20. The molecule has 0 saturated heterocycles. The van der Waals surface area contributed by atoms with Gasteiger partial charge in [-0.25, -0.2) is 4.79 Å². The lowest BCUT2D eigenvalue weighted by molar-refractivity contribution is -0.309. The van der Waals surface area contributed by atoms with Gasteiger partial charge in [0.25, 0.3) is 5.91 Å². The van der Waals surface area contributed by atoms with Crippen molar-refractivity contribution < 1.29 is 23.8 Å². The Morgan fingerprint density at radius 3 is 2.48 bits per heavy atom. The first-order valence-corrected chi connectivity index (χ1v) is 8.45. The lowest BCUT2D eigenvalue weighted by atomic mass is 10.1. The van der Waals surface area contributed by atoms with Gasteiger partial charge in [0.2, 0.25) is 0 Å². The average Bonchev–Trinajstić information content (AvgIpc) is 2.64. The highest BCUT2D eigenvalue weighted by atomic mass is 16.5. The van der Waals surface area contributed by atoms with E-state index in [1.807, 2.05) is 12.1 Å². The minimum Gasteiger partial charge on any atom is -0.548 e. The van der Waals surface area contributed by atoms with Crippen LogP contribution in [-0.4, -0.2) is 24.5 Å². The topological polar surface area (TPSA) is 109 Å². The average molecular weight is 368 g/mol. The Labute approximate surface area is 154 Å². The van der Waals surface area contributed by atoms with Gasteiger partial charge in [0.05, 0.1) is 17.4 Å². The van der Waals surface area contributed by atoms with Crippen LogP contribution in [0.5, 0.6) is 5.75 Å². The number of fused-ring (bicyclic) bond motifs is 3. The van der Waals surface area contributed by atoms with E-state index in [4.69, 9.17) is 9.15 Å². The van der Waals surface area contributed by atoms with Crippen LogP contribution in [-0.2, 0) is 9.59 Å². The van der Waals surface area contributed by atoms with Gasteiger partial charge in [-0.3, -0.25) is 4.79 Å². The quantitative estimate of drug-likeness (QED) is 0.518. The van der Waals surface area contributed by atoms with E-state index in [0.717, 1.165) is 10.8 Å². The summed E-state index contributed by atoms with van der Waals surface area (Å²) in [5.74, 6) is -1.93. The maximum Gasteiger partial charge on any atom is 0.344 e. The number of aliphatic carboxylic acids is 1. The van der Waals surface area contributed by atoms with Crippen LogP contribution < -0.4 is 20.8 Å². The zero-order valence-corrected chi connectivity index (χ0v) is 14.9. The largest absolute Gasteiger partial charge is 0.548 e. The van der Waals surface area contributed by atoms with Crippen molar-refractivity contribution in [3.8, 4) is 5.75 Å². The number of amides is 1. The summed E-state index contributed by atoms with van der Waals surface area (Å²) in [5, 5.41) is 15.4. The Kier molecular flexibility index (Phi) is 5.12. The van der Waals surface area contributed by atoms with Gasteiger partial charge in [-0.1, -0.05) is 32.0 Å². The molecule has 3 aromatic rings. The second kappa shape index (κ2) is 7.49. The van der Waals surface area contributed by atoms with Crippen molar-refractivity contribution in [3.63, 3.8) is 0 Å². The highest BCUT2D eigenvalue weighted by Gasteiger charge is 2.17. The van der Waals surface area contributed by atoms with E-state index >= 15 is 0 Å². The van der Waals surface area contributed by atoms with Gasteiger partial charge >= 0.3 is 5.63 Å². The summed E-state index contributed by atoms with van der Waals surface area (Å²) in [6, 6.07) is 10.9. The summed E-state index contributed by atoms with van der Waals surface area (Å²) in [6.45, 7) is 2.95. The van der Waals surface area contributed by atoms with Crippen molar-refractivity contribution in [2.24, 2.45) is 5.92 Å². The number of nitrogens with one attached hydrogen (secondary N) is 1. The smallest absolute Gasteiger partial charge is 0.344 e. The van der Waals surface area contributed by atoms with E-state index in [2.05, 4.69) is 5.32 Å². The first-order valence-electron chi connectivity index (χ1n) is 8.45. The molecule has 1 heterocycles. The molecule has 1 atom stereocenters. The predicted molar refractivity (Wildman–Crippen MR) is 97.3 cm³/mol. The number of carbonyl (C=O) groups excluding carboxylic acids is 2. The molecule has 1 amide bonds. The summed E-state index contributed by atoms with van der Waals surface area (Å²) < 4.78 is 10.7. The Balaban J connectivity index is 1.78. The van der Waals surface area contributed by atoms with Gasteiger partial charge in [-0.2, -0.15) is 0 Å². The van der Waals surface area contributed by atoms with Crippen LogP contribution in [0, 0.1) is 5.92 Å². The maximum absolute atomic E-state index is 12.1. The van der Waals surface area contributed by atoms with Gasteiger partial charge in [0.15, 0.2) is 6.61 Å². The van der Waals surface area contributed by atoms with Crippen molar-refractivity contribution in [2.45, 2.75) is 19.9 Å². The molecule has 7 nitrogen and oxygen atoms in total. The molecule has 0 fully saturated rings. The van der Waals surface area contributed by atoms with E-state index in [1.54, 1.807) is 38.1 Å². The standard InChI is InChI=1S/C20H19NO6/c1-11(2)18(19(23)24)21-17(22)10-26-12-7-8-14-13-5-3-4-6-15(13)20(25)27-16(14)9-12/h3-9,11,18H,10H2,1-2H3,(H,21,22)(H,23,24)/p-1/t18-/m0/s1. The highest BCUT2D eigenvalue weighted by molar-refractivity contribution is 6.04. The summed E-state index contributed by atoms with van der Waals surface area (Å²) in [4.78, 5) is 35.0. The molecule has 140 valence electrons. The van der Waals surface area contributed by atoms with Crippen LogP contribution in [0.15, 0.2) is 51.7 Å². The molecule has 1 aromatic heterocycles. The lowest BCUT2D eigenvalue weighted by Gasteiger charge is -2.23. The van der Waals surface area contributed by atoms with Crippen molar-refractivity contribution in [1.29, 1.82) is 0 Å². The molecule has 0 unspecified atom stereocenters. The predicted octanol–water partition coefficient (Wildman–Crippen LogP) is 1.22. The normalized spacial score (nSPS) is 12.3. The van der Waals surface area contributed by atoms with E-state index in [9.17, 15) is 19.5 Å². The molecule has 27 heavy (non-hydrogen) atoms. The van der Waals surface area contributed by atoms with E-state index < -0.39 is 23.5 Å². The zero-order valence-electron chi connectivity index (χ0n) is 14.9. The molecule has 7 heteroatoms. The van der Waals surface area contributed by atoms with Gasteiger partial charge in [-0.15, -0.1) is 0 Å². The Morgan fingerprint density at radius 1 is 1.11 bits per heavy atom. The number of carboxylic acids is 1. The molecule has 3 rings (SSSR count). The van der Waals surface area contributed by atoms with Crippen molar-refractivity contribution in [3.05, 3.63) is 52.9 Å². The first kappa shape index (κ1) is 18.4. The van der Waals surface area contributed by atoms with Gasteiger partial charge in [0, 0.05) is 11.5 Å². The molecule has 0 radical (unpaired) electrons. The fourth-order valence-corrected chi connectivity index (χ4v) is 2.81. The molecule has 0 saturated carbocycles. The molecule has 0 aliphatic carbocycles. The lowest BCUT2D eigenvalue weighted by Crippen LogP contribution is -2.51. The fraction of sp³-hybridized carbons (Fsp3) is 0.250. The highest BCUT2D eigenvalue weighted by Crippen LogP contribution is 2.26. The molecule has 2 aromatic carbocycles. The van der Waals surface area contributed by atoms with Crippen molar-refractivity contribution in [1.82, 2.24) is 5.32 Å². The maximum atomic E-state index is 12.1. The summed E-state index contributed by atoms with van der Waals surface area (Å²) in [6.07, 6.45) is 0. The van der Waals surface area contributed by atoms with E-state index in [0.29, 0.717) is 16.7 Å². The number of ether oxygens (including phenoxy) is 1. The number of rotatable bonds is 6. The molecule has 1 N–H and O–H groups in total.